The first-order valence-corrected chi connectivity index (χ1v) is 8.56. The van der Waals surface area contributed by atoms with Crippen molar-refractivity contribution in [2.45, 2.75) is 19.4 Å². The van der Waals surface area contributed by atoms with Gasteiger partial charge in [0.05, 0.1) is 17.6 Å². The van der Waals surface area contributed by atoms with Crippen molar-refractivity contribution < 1.29 is 19.2 Å². The molecule has 0 saturated carbocycles. The summed E-state index contributed by atoms with van der Waals surface area (Å²) < 4.78 is 5.39. The van der Waals surface area contributed by atoms with E-state index < -0.39 is 4.92 Å². The average Bonchev–Trinajstić information content (AvgIpc) is 3.02. The molecule has 2 aromatic rings. The van der Waals surface area contributed by atoms with Gasteiger partial charge in [0, 0.05) is 36.3 Å². The maximum absolute atomic E-state index is 12.3. The number of nitro groups is 1. The Labute approximate surface area is 155 Å². The van der Waals surface area contributed by atoms with Gasteiger partial charge in [-0.2, -0.15) is 0 Å². The van der Waals surface area contributed by atoms with Crippen LogP contribution in [0.25, 0.3) is 0 Å². The van der Waals surface area contributed by atoms with Crippen molar-refractivity contribution in [2.24, 2.45) is 0 Å². The summed E-state index contributed by atoms with van der Waals surface area (Å²) in [6, 6.07) is 12.2. The summed E-state index contributed by atoms with van der Waals surface area (Å²) in [7, 11) is 0. The van der Waals surface area contributed by atoms with E-state index in [2.05, 4.69) is 5.32 Å². The van der Waals surface area contributed by atoms with Gasteiger partial charge in [0.2, 0.25) is 5.91 Å². The van der Waals surface area contributed by atoms with Gasteiger partial charge >= 0.3 is 0 Å². The second-order valence-electron chi connectivity index (χ2n) is 6.11. The normalized spacial score (nSPS) is 16.3. The Hall–Kier alpha value is -3.42. The van der Waals surface area contributed by atoms with Crippen LogP contribution >= 0.6 is 0 Å². The zero-order chi connectivity index (χ0) is 19.4. The number of amides is 2. The summed E-state index contributed by atoms with van der Waals surface area (Å²) in [5, 5.41) is 13.5. The molecule has 27 heavy (non-hydrogen) atoms. The van der Waals surface area contributed by atoms with Gasteiger partial charge in [0.1, 0.15) is 5.75 Å². The largest absolute Gasteiger partial charge is 0.494 e. The summed E-state index contributed by atoms with van der Waals surface area (Å²) in [6.07, 6.45) is 0.200. The minimum atomic E-state index is -0.522. The van der Waals surface area contributed by atoms with Crippen molar-refractivity contribution in [1.82, 2.24) is 5.32 Å². The number of rotatable bonds is 6. The van der Waals surface area contributed by atoms with Crippen LogP contribution < -0.4 is 15.0 Å². The van der Waals surface area contributed by atoms with Gasteiger partial charge < -0.3 is 15.0 Å². The van der Waals surface area contributed by atoms with Gasteiger partial charge in [-0.15, -0.1) is 0 Å². The van der Waals surface area contributed by atoms with Crippen LogP contribution in [0.5, 0.6) is 5.75 Å². The Morgan fingerprint density at radius 3 is 2.48 bits per heavy atom. The van der Waals surface area contributed by atoms with E-state index in [0.717, 1.165) is 11.4 Å². The molecule has 0 aromatic heterocycles. The molecule has 0 bridgehead atoms. The number of anilines is 1. The highest BCUT2D eigenvalue weighted by atomic mass is 16.6. The lowest BCUT2D eigenvalue weighted by Crippen LogP contribution is -2.37. The van der Waals surface area contributed by atoms with Crippen molar-refractivity contribution >= 4 is 23.2 Å². The molecule has 140 valence electrons. The molecule has 0 aliphatic carbocycles. The Balaban J connectivity index is 1.63. The summed E-state index contributed by atoms with van der Waals surface area (Å²) in [5.41, 5.74) is 0.979. The van der Waals surface area contributed by atoms with Crippen molar-refractivity contribution in [2.75, 3.05) is 18.1 Å². The van der Waals surface area contributed by atoms with Crippen LogP contribution in [0.1, 0.15) is 23.7 Å². The molecule has 1 heterocycles. The highest BCUT2D eigenvalue weighted by Gasteiger charge is 2.31. The van der Waals surface area contributed by atoms with E-state index in [1.54, 1.807) is 17.0 Å². The molecular formula is C19H19N3O5. The highest BCUT2D eigenvalue weighted by Crippen LogP contribution is 2.24. The van der Waals surface area contributed by atoms with Gasteiger partial charge in [-0.05, 0) is 43.3 Å². The molecule has 1 aliphatic rings. The Kier molecular flexibility index (Phi) is 5.35. The van der Waals surface area contributed by atoms with Gasteiger partial charge in [-0.25, -0.2) is 0 Å². The first-order valence-electron chi connectivity index (χ1n) is 8.56. The molecular weight excluding hydrogens is 350 g/mol. The predicted octanol–water partition coefficient (Wildman–Crippen LogP) is 2.53. The van der Waals surface area contributed by atoms with Crippen LogP contribution in [-0.4, -0.2) is 35.9 Å². The fourth-order valence-electron chi connectivity index (χ4n) is 2.95. The van der Waals surface area contributed by atoms with E-state index in [4.69, 9.17) is 4.74 Å². The molecule has 1 aliphatic heterocycles. The zero-order valence-corrected chi connectivity index (χ0v) is 14.8. The van der Waals surface area contributed by atoms with Crippen molar-refractivity contribution in [3.8, 4) is 5.75 Å². The Morgan fingerprint density at radius 2 is 1.89 bits per heavy atom. The van der Waals surface area contributed by atoms with Crippen LogP contribution in [0.2, 0.25) is 0 Å². The van der Waals surface area contributed by atoms with Crippen LogP contribution in [0.3, 0.4) is 0 Å². The fourth-order valence-corrected chi connectivity index (χ4v) is 2.95. The number of hydrogen-bond donors (Lipinski definition) is 1. The van der Waals surface area contributed by atoms with Crippen molar-refractivity contribution in [3.05, 3.63) is 64.2 Å². The second kappa shape index (κ2) is 7.86. The van der Waals surface area contributed by atoms with Crippen LogP contribution in [0.4, 0.5) is 11.4 Å². The highest BCUT2D eigenvalue weighted by molar-refractivity contribution is 5.99. The first kappa shape index (κ1) is 18.4. The molecule has 2 aromatic carbocycles. The molecule has 1 fully saturated rings. The van der Waals surface area contributed by atoms with Gasteiger partial charge in [-0.3, -0.25) is 19.7 Å². The predicted molar refractivity (Wildman–Crippen MR) is 98.9 cm³/mol. The number of nitrogens with one attached hydrogen (secondary N) is 1. The van der Waals surface area contributed by atoms with E-state index in [9.17, 15) is 19.7 Å². The number of non-ortho nitro benzene ring substituents is 1. The molecule has 1 saturated heterocycles. The molecule has 0 spiro atoms. The Morgan fingerprint density at radius 1 is 1.22 bits per heavy atom. The standard InChI is InChI=1S/C19H19N3O5/c1-2-27-17-9-7-15(8-10-17)21-12-14(11-18(21)23)20-19(24)13-3-5-16(6-4-13)22(25)26/h3-10,14H,2,11-12H2,1H3,(H,20,24). The van der Waals surface area contributed by atoms with Crippen LogP contribution in [0, 0.1) is 10.1 Å². The van der Waals surface area contributed by atoms with Crippen molar-refractivity contribution in [1.29, 1.82) is 0 Å². The lowest BCUT2D eigenvalue weighted by Gasteiger charge is -2.17. The summed E-state index contributed by atoms with van der Waals surface area (Å²) in [5.74, 6) is 0.292. The third-order valence-corrected chi connectivity index (χ3v) is 4.26. The zero-order valence-electron chi connectivity index (χ0n) is 14.8. The smallest absolute Gasteiger partial charge is 0.269 e. The summed E-state index contributed by atoms with van der Waals surface area (Å²) in [4.78, 5) is 36.4. The minimum absolute atomic E-state index is 0.0758. The van der Waals surface area contributed by atoms with Crippen molar-refractivity contribution in [3.63, 3.8) is 0 Å². The molecule has 1 atom stereocenters. The molecule has 2 amide bonds. The number of benzene rings is 2. The SMILES string of the molecule is CCOc1ccc(N2CC(NC(=O)c3ccc([N+](=O)[O-])cc3)CC2=O)cc1. The van der Waals surface area contributed by atoms with E-state index in [-0.39, 0.29) is 30.0 Å². The average molecular weight is 369 g/mol. The minimum Gasteiger partial charge on any atom is -0.494 e. The number of nitrogens with zero attached hydrogens (tertiary/aromatic N) is 2. The van der Waals surface area contributed by atoms with E-state index >= 15 is 0 Å². The fraction of sp³-hybridized carbons (Fsp3) is 0.263. The van der Waals surface area contributed by atoms with E-state index in [1.807, 2.05) is 19.1 Å². The number of ether oxygens (including phenoxy) is 1. The van der Waals surface area contributed by atoms with Crippen LogP contribution in [0.15, 0.2) is 48.5 Å². The van der Waals surface area contributed by atoms with E-state index in [1.165, 1.54) is 24.3 Å². The van der Waals surface area contributed by atoms with Gasteiger partial charge in [0.25, 0.3) is 11.6 Å². The summed E-state index contributed by atoms with van der Waals surface area (Å²) >= 11 is 0. The maximum atomic E-state index is 12.3. The van der Waals surface area contributed by atoms with Crippen LogP contribution in [-0.2, 0) is 4.79 Å². The third-order valence-electron chi connectivity index (χ3n) is 4.26. The number of carbonyl (C=O) groups excluding carboxylic acids is 2. The molecule has 1 N–H and O–H groups in total. The molecule has 8 nitrogen and oxygen atoms in total. The van der Waals surface area contributed by atoms with Gasteiger partial charge in [0.15, 0.2) is 0 Å². The Bertz CT molecular complexity index is 849. The first-order chi connectivity index (χ1) is 13.0. The molecule has 8 heteroatoms. The maximum Gasteiger partial charge on any atom is 0.269 e. The van der Waals surface area contributed by atoms with E-state index in [0.29, 0.717) is 18.7 Å². The summed E-state index contributed by atoms with van der Waals surface area (Å²) in [6.45, 7) is 2.83. The second-order valence-corrected chi connectivity index (χ2v) is 6.11. The quantitative estimate of drug-likeness (QED) is 0.623. The molecule has 1 unspecified atom stereocenters. The lowest BCUT2D eigenvalue weighted by atomic mass is 10.1. The number of nitro benzene ring substituents is 1. The monoisotopic (exact) mass is 369 g/mol. The number of carbonyl (C=O) groups is 2. The van der Waals surface area contributed by atoms with Gasteiger partial charge in [-0.1, -0.05) is 0 Å². The topological polar surface area (TPSA) is 102 Å². The molecule has 0 radical (unpaired) electrons. The lowest BCUT2D eigenvalue weighted by molar-refractivity contribution is -0.384. The number of hydrogen-bond acceptors (Lipinski definition) is 5. The molecule has 3 rings (SSSR count). The third kappa shape index (κ3) is 4.22.